The van der Waals surface area contributed by atoms with Crippen LogP contribution in [0.2, 0.25) is 0 Å². The Balaban J connectivity index is 1.55. The Morgan fingerprint density at radius 1 is 1.19 bits per heavy atom. The van der Waals surface area contributed by atoms with E-state index in [4.69, 9.17) is 4.74 Å². The zero-order valence-electron chi connectivity index (χ0n) is 15.3. The first-order chi connectivity index (χ1) is 12.7. The van der Waals surface area contributed by atoms with Crippen LogP contribution in [-0.4, -0.2) is 30.5 Å². The molecule has 1 amide bonds. The van der Waals surface area contributed by atoms with Gasteiger partial charge in [-0.2, -0.15) is 0 Å². The lowest BCUT2D eigenvalue weighted by Crippen LogP contribution is -2.28. The van der Waals surface area contributed by atoms with Gasteiger partial charge in [0.15, 0.2) is 0 Å². The standard InChI is InChI=1S/C21H26N2O2S/c1-2-25-15-6-8-17-18(13-21(24)22-19(17)12-15)20-9-7-16(26-20)14-23-10-4-3-5-11-23/h6-9,12,18H,2-5,10-11,13-14H2,1H3,(H,22,24). The van der Waals surface area contributed by atoms with Crippen molar-refractivity contribution in [1.29, 1.82) is 0 Å². The first-order valence-corrected chi connectivity index (χ1v) is 10.4. The van der Waals surface area contributed by atoms with Gasteiger partial charge >= 0.3 is 0 Å². The van der Waals surface area contributed by atoms with Gasteiger partial charge in [-0.3, -0.25) is 9.69 Å². The second-order valence-electron chi connectivity index (χ2n) is 7.13. The summed E-state index contributed by atoms with van der Waals surface area (Å²) < 4.78 is 5.58. The Hall–Kier alpha value is -1.85. The SMILES string of the molecule is CCOc1ccc2c(c1)NC(=O)CC2c1ccc(CN2CCCCC2)s1. The predicted molar refractivity (Wildman–Crippen MR) is 106 cm³/mol. The lowest BCUT2D eigenvalue weighted by molar-refractivity contribution is -0.116. The lowest BCUT2D eigenvalue weighted by atomic mass is 9.89. The highest BCUT2D eigenvalue weighted by Gasteiger charge is 2.28. The summed E-state index contributed by atoms with van der Waals surface area (Å²) >= 11 is 1.86. The number of hydrogen-bond acceptors (Lipinski definition) is 4. The van der Waals surface area contributed by atoms with Crippen LogP contribution >= 0.6 is 11.3 Å². The molecule has 0 saturated carbocycles. The van der Waals surface area contributed by atoms with Crippen molar-refractivity contribution in [2.75, 3.05) is 25.0 Å². The average Bonchev–Trinajstić information content (AvgIpc) is 3.10. The molecule has 138 valence electrons. The molecule has 26 heavy (non-hydrogen) atoms. The van der Waals surface area contributed by atoms with Crippen molar-refractivity contribution < 1.29 is 9.53 Å². The summed E-state index contributed by atoms with van der Waals surface area (Å²) in [6.45, 7) is 6.06. The van der Waals surface area contributed by atoms with Gasteiger partial charge in [0.1, 0.15) is 5.75 Å². The molecule has 0 aliphatic carbocycles. The van der Waals surface area contributed by atoms with Crippen LogP contribution < -0.4 is 10.1 Å². The molecule has 3 heterocycles. The normalized spacial score (nSPS) is 20.5. The van der Waals surface area contributed by atoms with Crippen LogP contribution in [-0.2, 0) is 11.3 Å². The molecule has 1 aromatic heterocycles. The average molecular weight is 371 g/mol. The van der Waals surface area contributed by atoms with E-state index in [0.717, 1.165) is 18.0 Å². The van der Waals surface area contributed by atoms with Crippen LogP contribution in [0.25, 0.3) is 0 Å². The Labute approximate surface area is 159 Å². The molecule has 0 bridgehead atoms. The number of piperidine rings is 1. The molecular formula is C21H26N2O2S. The van der Waals surface area contributed by atoms with Gasteiger partial charge in [-0.15, -0.1) is 11.3 Å². The first-order valence-electron chi connectivity index (χ1n) is 9.60. The molecule has 2 aliphatic rings. The van der Waals surface area contributed by atoms with Crippen LogP contribution in [0.1, 0.15) is 53.8 Å². The van der Waals surface area contributed by atoms with Crippen LogP contribution in [0.3, 0.4) is 0 Å². The molecule has 0 radical (unpaired) electrons. The van der Waals surface area contributed by atoms with Gasteiger partial charge in [-0.25, -0.2) is 0 Å². The fraction of sp³-hybridized carbons (Fsp3) is 0.476. The maximum Gasteiger partial charge on any atom is 0.225 e. The van der Waals surface area contributed by atoms with E-state index >= 15 is 0 Å². The third kappa shape index (κ3) is 3.79. The van der Waals surface area contributed by atoms with Crippen molar-refractivity contribution in [2.24, 2.45) is 0 Å². The molecule has 1 unspecified atom stereocenters. The highest BCUT2D eigenvalue weighted by molar-refractivity contribution is 7.12. The van der Waals surface area contributed by atoms with Gasteiger partial charge in [-0.05, 0) is 56.6 Å². The number of rotatable bonds is 5. The fourth-order valence-corrected chi connectivity index (χ4v) is 5.13. The number of benzene rings is 1. The monoisotopic (exact) mass is 370 g/mol. The molecular weight excluding hydrogens is 344 g/mol. The van der Waals surface area contributed by atoms with Gasteiger partial charge in [0.2, 0.25) is 5.91 Å². The molecule has 4 nitrogen and oxygen atoms in total. The van der Waals surface area contributed by atoms with Gasteiger partial charge in [0, 0.05) is 40.4 Å². The third-order valence-electron chi connectivity index (χ3n) is 5.23. The van der Waals surface area contributed by atoms with E-state index in [-0.39, 0.29) is 11.8 Å². The molecule has 1 saturated heterocycles. The minimum Gasteiger partial charge on any atom is -0.494 e. The highest BCUT2D eigenvalue weighted by atomic mass is 32.1. The number of nitrogens with zero attached hydrogens (tertiary/aromatic N) is 1. The van der Waals surface area contributed by atoms with Crippen molar-refractivity contribution in [3.05, 3.63) is 45.6 Å². The number of nitrogens with one attached hydrogen (secondary N) is 1. The van der Waals surface area contributed by atoms with Crippen LogP contribution in [0.15, 0.2) is 30.3 Å². The molecule has 1 aromatic carbocycles. The van der Waals surface area contributed by atoms with Crippen LogP contribution in [0, 0.1) is 0 Å². The van der Waals surface area contributed by atoms with Crippen molar-refractivity contribution >= 4 is 22.9 Å². The lowest BCUT2D eigenvalue weighted by Gasteiger charge is -2.26. The number of carbonyl (C=O) groups excluding carboxylic acids is 1. The Morgan fingerprint density at radius 2 is 2.04 bits per heavy atom. The second kappa shape index (κ2) is 7.80. The summed E-state index contributed by atoms with van der Waals surface area (Å²) in [5.41, 5.74) is 2.09. The van der Waals surface area contributed by atoms with E-state index in [1.807, 2.05) is 30.4 Å². The molecule has 2 aromatic rings. The van der Waals surface area contributed by atoms with E-state index in [2.05, 4.69) is 28.4 Å². The largest absolute Gasteiger partial charge is 0.494 e. The molecule has 2 aliphatic heterocycles. The molecule has 4 rings (SSSR count). The zero-order valence-corrected chi connectivity index (χ0v) is 16.1. The van der Waals surface area contributed by atoms with Gasteiger partial charge in [0.25, 0.3) is 0 Å². The zero-order chi connectivity index (χ0) is 17.9. The number of ether oxygens (including phenoxy) is 1. The number of likely N-dealkylation sites (tertiary alicyclic amines) is 1. The second-order valence-corrected chi connectivity index (χ2v) is 8.33. The van der Waals surface area contributed by atoms with Crippen LogP contribution in [0.5, 0.6) is 5.75 Å². The fourth-order valence-electron chi connectivity index (χ4n) is 3.96. The Bertz CT molecular complexity index is 780. The van der Waals surface area contributed by atoms with E-state index in [1.54, 1.807) is 0 Å². The molecule has 0 spiro atoms. The third-order valence-corrected chi connectivity index (χ3v) is 6.41. The van der Waals surface area contributed by atoms with Crippen molar-refractivity contribution in [3.63, 3.8) is 0 Å². The van der Waals surface area contributed by atoms with Crippen LogP contribution in [0.4, 0.5) is 5.69 Å². The summed E-state index contributed by atoms with van der Waals surface area (Å²) in [5, 5.41) is 3.01. The van der Waals surface area contributed by atoms with Crippen molar-refractivity contribution in [2.45, 2.75) is 45.1 Å². The summed E-state index contributed by atoms with van der Waals surface area (Å²) in [7, 11) is 0. The van der Waals surface area contributed by atoms with E-state index < -0.39 is 0 Å². The minimum absolute atomic E-state index is 0.0853. The van der Waals surface area contributed by atoms with E-state index in [9.17, 15) is 4.79 Å². The Morgan fingerprint density at radius 3 is 2.85 bits per heavy atom. The topological polar surface area (TPSA) is 41.6 Å². The Kier molecular flexibility index (Phi) is 5.27. The summed E-state index contributed by atoms with van der Waals surface area (Å²) in [4.78, 5) is 17.5. The van der Waals surface area contributed by atoms with E-state index in [1.165, 1.54) is 47.7 Å². The number of anilines is 1. The van der Waals surface area contributed by atoms with E-state index in [0.29, 0.717) is 13.0 Å². The molecule has 1 N–H and O–H groups in total. The number of amides is 1. The molecule has 5 heteroatoms. The van der Waals surface area contributed by atoms with Gasteiger partial charge in [-0.1, -0.05) is 12.5 Å². The summed E-state index contributed by atoms with van der Waals surface area (Å²) in [6.07, 6.45) is 4.52. The number of thiophene rings is 1. The summed E-state index contributed by atoms with van der Waals surface area (Å²) in [6, 6.07) is 10.5. The highest BCUT2D eigenvalue weighted by Crippen LogP contribution is 2.41. The number of hydrogen-bond donors (Lipinski definition) is 1. The maximum absolute atomic E-state index is 12.2. The minimum atomic E-state index is 0.0853. The summed E-state index contributed by atoms with van der Waals surface area (Å²) in [5.74, 6) is 1.04. The number of fused-ring (bicyclic) bond motifs is 1. The maximum atomic E-state index is 12.2. The van der Waals surface area contributed by atoms with Gasteiger partial charge in [0.05, 0.1) is 6.61 Å². The van der Waals surface area contributed by atoms with Gasteiger partial charge < -0.3 is 10.1 Å². The van der Waals surface area contributed by atoms with Crippen molar-refractivity contribution in [3.8, 4) is 5.75 Å². The first kappa shape index (κ1) is 17.6. The smallest absolute Gasteiger partial charge is 0.225 e. The predicted octanol–water partition coefficient (Wildman–Crippen LogP) is 4.61. The number of carbonyl (C=O) groups is 1. The van der Waals surface area contributed by atoms with Crippen molar-refractivity contribution in [1.82, 2.24) is 4.90 Å². The molecule has 1 atom stereocenters. The molecule has 1 fully saturated rings. The quantitative estimate of drug-likeness (QED) is 0.836.